The van der Waals surface area contributed by atoms with E-state index in [0.29, 0.717) is 22.4 Å². The van der Waals surface area contributed by atoms with Gasteiger partial charge in [-0.2, -0.15) is 0 Å². The van der Waals surface area contributed by atoms with Crippen molar-refractivity contribution < 1.29 is 23.8 Å². The Morgan fingerprint density at radius 1 is 1.21 bits per heavy atom. The summed E-state index contributed by atoms with van der Waals surface area (Å²) in [6.07, 6.45) is 1.51. The average molecular weight is 399 g/mol. The first-order valence-corrected chi connectivity index (χ1v) is 8.88. The predicted molar refractivity (Wildman–Crippen MR) is 108 cm³/mol. The Balaban J connectivity index is 2.03. The highest BCUT2D eigenvalue weighted by atomic mass is 19.1. The lowest BCUT2D eigenvalue weighted by atomic mass is 10.1. The zero-order valence-electron chi connectivity index (χ0n) is 16.3. The van der Waals surface area contributed by atoms with E-state index in [1.165, 1.54) is 25.4 Å². The fourth-order valence-corrected chi connectivity index (χ4v) is 2.69. The Morgan fingerprint density at radius 3 is 2.62 bits per heavy atom. The van der Waals surface area contributed by atoms with Gasteiger partial charge < -0.3 is 25.6 Å². The molecule has 1 heterocycles. The minimum atomic E-state index is -1.07. The molecule has 0 saturated heterocycles. The van der Waals surface area contributed by atoms with Crippen LogP contribution < -0.4 is 20.5 Å². The number of hydrogen-bond acceptors (Lipinski definition) is 6. The van der Waals surface area contributed by atoms with Crippen molar-refractivity contribution in [3.63, 3.8) is 0 Å². The van der Waals surface area contributed by atoms with Crippen LogP contribution in [0.4, 0.5) is 10.1 Å². The Hall–Kier alpha value is -3.39. The standard InChI is InChI=1S/C21H22FN3O4/c1-21(2,27)11-25-20(26)14-9-13-16(10-19(14)28-3)24-7-6-17(13)29-18-5-4-12(23)8-15(18)22/h4-10,27H,11,23H2,1-3H3,(H,25,26). The van der Waals surface area contributed by atoms with Crippen molar-refractivity contribution in [3.05, 3.63) is 54.0 Å². The maximum atomic E-state index is 14.1. The molecule has 1 aromatic heterocycles. The third kappa shape index (κ3) is 4.72. The molecule has 0 saturated carbocycles. The number of fused-ring (bicyclic) bond motifs is 1. The number of methoxy groups -OCH3 is 1. The number of aliphatic hydroxyl groups is 1. The van der Waals surface area contributed by atoms with Gasteiger partial charge in [-0.15, -0.1) is 0 Å². The number of carbonyl (C=O) groups is 1. The minimum Gasteiger partial charge on any atom is -0.496 e. The van der Waals surface area contributed by atoms with E-state index < -0.39 is 17.3 Å². The lowest BCUT2D eigenvalue weighted by Crippen LogP contribution is -2.38. The Kier molecular flexibility index (Phi) is 5.56. The topological polar surface area (TPSA) is 107 Å². The van der Waals surface area contributed by atoms with Crippen LogP contribution in [0.1, 0.15) is 24.2 Å². The highest BCUT2D eigenvalue weighted by molar-refractivity contribution is 6.02. The number of nitrogens with zero attached hydrogens (tertiary/aromatic N) is 1. The lowest BCUT2D eigenvalue weighted by Gasteiger charge is -2.18. The van der Waals surface area contributed by atoms with E-state index in [4.69, 9.17) is 15.2 Å². The van der Waals surface area contributed by atoms with Crippen molar-refractivity contribution in [2.45, 2.75) is 19.4 Å². The molecule has 0 aliphatic rings. The number of hydrogen-bond donors (Lipinski definition) is 3. The van der Waals surface area contributed by atoms with Crippen LogP contribution in [0.25, 0.3) is 10.9 Å². The van der Waals surface area contributed by atoms with Crippen LogP contribution in [0.3, 0.4) is 0 Å². The molecule has 0 spiro atoms. The van der Waals surface area contributed by atoms with Crippen LogP contribution in [0.15, 0.2) is 42.6 Å². The molecule has 0 atom stereocenters. The van der Waals surface area contributed by atoms with Crippen molar-refractivity contribution in [1.82, 2.24) is 10.3 Å². The van der Waals surface area contributed by atoms with Crippen LogP contribution in [0.5, 0.6) is 17.2 Å². The van der Waals surface area contributed by atoms with Gasteiger partial charge in [0.05, 0.1) is 23.8 Å². The summed E-state index contributed by atoms with van der Waals surface area (Å²) in [6, 6.07) is 8.85. The smallest absolute Gasteiger partial charge is 0.255 e. The first-order chi connectivity index (χ1) is 13.7. The number of amides is 1. The number of halogens is 1. The van der Waals surface area contributed by atoms with Crippen molar-refractivity contribution in [1.29, 1.82) is 0 Å². The van der Waals surface area contributed by atoms with E-state index in [1.807, 2.05) is 0 Å². The summed E-state index contributed by atoms with van der Waals surface area (Å²) < 4.78 is 25.2. The fourth-order valence-electron chi connectivity index (χ4n) is 2.69. The molecular weight excluding hydrogens is 377 g/mol. The van der Waals surface area contributed by atoms with Gasteiger partial charge in [-0.3, -0.25) is 9.78 Å². The highest BCUT2D eigenvalue weighted by Crippen LogP contribution is 2.34. The summed E-state index contributed by atoms with van der Waals surface area (Å²) in [7, 11) is 1.44. The van der Waals surface area contributed by atoms with Gasteiger partial charge in [0.1, 0.15) is 11.5 Å². The third-order valence-corrected chi connectivity index (χ3v) is 4.12. The zero-order valence-corrected chi connectivity index (χ0v) is 16.3. The van der Waals surface area contributed by atoms with Gasteiger partial charge in [0.15, 0.2) is 11.6 Å². The maximum Gasteiger partial charge on any atom is 0.255 e. The molecule has 0 fully saturated rings. The van der Waals surface area contributed by atoms with Gasteiger partial charge in [0, 0.05) is 35.9 Å². The number of nitrogen functional groups attached to an aromatic ring is 1. The second kappa shape index (κ2) is 7.92. The minimum absolute atomic E-state index is 0.00412. The van der Waals surface area contributed by atoms with Crippen molar-refractivity contribution in [3.8, 4) is 17.2 Å². The van der Waals surface area contributed by atoms with Crippen LogP contribution in [-0.2, 0) is 0 Å². The molecule has 0 bridgehead atoms. The summed E-state index contributed by atoms with van der Waals surface area (Å²) in [6.45, 7) is 3.23. The SMILES string of the molecule is COc1cc2nccc(Oc3ccc(N)cc3F)c2cc1C(=O)NCC(C)(C)O. The van der Waals surface area contributed by atoms with E-state index in [-0.39, 0.29) is 23.5 Å². The van der Waals surface area contributed by atoms with Crippen molar-refractivity contribution >= 4 is 22.5 Å². The number of nitrogens with two attached hydrogens (primary N) is 1. The van der Waals surface area contributed by atoms with E-state index in [0.717, 1.165) is 6.07 Å². The van der Waals surface area contributed by atoms with Gasteiger partial charge in [0.25, 0.3) is 5.91 Å². The molecule has 3 rings (SSSR count). The maximum absolute atomic E-state index is 14.1. The molecule has 8 heteroatoms. The molecule has 7 nitrogen and oxygen atoms in total. The Bertz CT molecular complexity index is 1060. The molecule has 0 aliphatic heterocycles. The van der Waals surface area contributed by atoms with Gasteiger partial charge in [-0.25, -0.2) is 4.39 Å². The first-order valence-electron chi connectivity index (χ1n) is 8.88. The molecule has 3 aromatic rings. The first kappa shape index (κ1) is 20.3. The second-order valence-corrected chi connectivity index (χ2v) is 7.17. The van der Waals surface area contributed by atoms with E-state index in [1.54, 1.807) is 32.0 Å². The van der Waals surface area contributed by atoms with Crippen LogP contribution in [0, 0.1) is 5.82 Å². The van der Waals surface area contributed by atoms with Crippen LogP contribution >= 0.6 is 0 Å². The number of carbonyl (C=O) groups excluding carboxylic acids is 1. The molecule has 4 N–H and O–H groups in total. The fraction of sp³-hybridized carbons (Fsp3) is 0.238. The van der Waals surface area contributed by atoms with E-state index in [2.05, 4.69) is 10.3 Å². The summed E-state index contributed by atoms with van der Waals surface area (Å²) in [5.74, 6) is -0.409. The Morgan fingerprint density at radius 2 is 1.97 bits per heavy atom. The summed E-state index contributed by atoms with van der Waals surface area (Å²) >= 11 is 0. The Labute approximate surface area is 167 Å². The number of ether oxygens (including phenoxy) is 2. The molecule has 152 valence electrons. The number of pyridine rings is 1. The molecule has 1 amide bonds. The monoisotopic (exact) mass is 399 g/mol. The number of rotatable bonds is 6. The summed E-state index contributed by atoms with van der Waals surface area (Å²) in [5.41, 5.74) is 5.53. The average Bonchev–Trinajstić information content (AvgIpc) is 2.66. The van der Waals surface area contributed by atoms with Crippen LogP contribution in [-0.4, -0.2) is 35.3 Å². The van der Waals surface area contributed by atoms with Crippen molar-refractivity contribution in [2.75, 3.05) is 19.4 Å². The van der Waals surface area contributed by atoms with Crippen molar-refractivity contribution in [2.24, 2.45) is 0 Å². The molecule has 0 aliphatic carbocycles. The molecule has 0 unspecified atom stereocenters. The van der Waals surface area contributed by atoms with Gasteiger partial charge in [-0.05, 0) is 38.1 Å². The third-order valence-electron chi connectivity index (χ3n) is 4.12. The van der Waals surface area contributed by atoms with Gasteiger partial charge in [-0.1, -0.05) is 0 Å². The number of nitrogens with one attached hydrogen (secondary N) is 1. The quantitative estimate of drug-likeness (QED) is 0.549. The zero-order chi connectivity index (χ0) is 21.2. The lowest BCUT2D eigenvalue weighted by molar-refractivity contribution is 0.0693. The van der Waals surface area contributed by atoms with Gasteiger partial charge >= 0.3 is 0 Å². The highest BCUT2D eigenvalue weighted by Gasteiger charge is 2.20. The van der Waals surface area contributed by atoms with E-state index >= 15 is 0 Å². The normalized spacial score (nSPS) is 11.3. The number of anilines is 1. The number of benzene rings is 2. The molecule has 0 radical (unpaired) electrons. The van der Waals surface area contributed by atoms with Crippen LogP contribution in [0.2, 0.25) is 0 Å². The molecule has 2 aromatic carbocycles. The summed E-state index contributed by atoms with van der Waals surface area (Å²) in [5, 5.41) is 13.0. The van der Waals surface area contributed by atoms with Gasteiger partial charge in [0.2, 0.25) is 0 Å². The van der Waals surface area contributed by atoms with E-state index in [9.17, 15) is 14.3 Å². The second-order valence-electron chi connectivity index (χ2n) is 7.17. The largest absolute Gasteiger partial charge is 0.496 e. The molecule has 29 heavy (non-hydrogen) atoms. The summed E-state index contributed by atoms with van der Waals surface area (Å²) in [4.78, 5) is 16.9. The number of aromatic nitrogens is 1. The predicted octanol–water partition coefficient (Wildman–Crippen LogP) is 3.26. The molecular formula is C21H22FN3O4.